The van der Waals surface area contributed by atoms with Gasteiger partial charge in [-0.25, -0.2) is 0 Å². The van der Waals surface area contributed by atoms with E-state index in [4.69, 9.17) is 0 Å². The molecule has 1 fully saturated rings. The Morgan fingerprint density at radius 3 is 2.83 bits per heavy atom. The van der Waals surface area contributed by atoms with E-state index >= 15 is 0 Å². The third-order valence-electron chi connectivity index (χ3n) is 3.21. The summed E-state index contributed by atoms with van der Waals surface area (Å²) in [5, 5.41) is 0. The minimum absolute atomic E-state index is 0.155. The van der Waals surface area contributed by atoms with Crippen molar-refractivity contribution in [1.29, 1.82) is 0 Å². The molecule has 0 atom stereocenters. The second-order valence-corrected chi connectivity index (χ2v) is 7.90. The molecule has 0 saturated carbocycles. The standard InChI is InChI=1S/C14H18BrNOS/c1-10-11(5-4-6-12(10)15)13(17)16-7-8-18-14(2,3)9-16/h4-6H,7-9H2,1-3H3. The molecule has 0 aromatic heterocycles. The van der Waals surface area contributed by atoms with Crippen molar-refractivity contribution in [1.82, 2.24) is 4.90 Å². The molecular weight excluding hydrogens is 310 g/mol. The van der Waals surface area contributed by atoms with Crippen LogP contribution in [-0.4, -0.2) is 34.4 Å². The number of carbonyl (C=O) groups is 1. The molecular formula is C14H18BrNOS. The number of halogens is 1. The van der Waals surface area contributed by atoms with Crippen LogP contribution in [0.15, 0.2) is 22.7 Å². The lowest BCUT2D eigenvalue weighted by molar-refractivity contribution is 0.0747. The predicted octanol–water partition coefficient (Wildman–Crippen LogP) is 3.73. The van der Waals surface area contributed by atoms with E-state index in [0.29, 0.717) is 0 Å². The highest BCUT2D eigenvalue weighted by molar-refractivity contribution is 9.10. The molecule has 1 heterocycles. The van der Waals surface area contributed by atoms with Crippen LogP contribution in [0.25, 0.3) is 0 Å². The lowest BCUT2D eigenvalue weighted by Gasteiger charge is -2.37. The number of hydrogen-bond acceptors (Lipinski definition) is 2. The molecule has 0 bridgehead atoms. The monoisotopic (exact) mass is 327 g/mol. The van der Waals surface area contributed by atoms with Gasteiger partial charge in [-0.3, -0.25) is 4.79 Å². The maximum atomic E-state index is 12.6. The number of carbonyl (C=O) groups excluding carboxylic acids is 1. The Morgan fingerprint density at radius 1 is 1.44 bits per heavy atom. The van der Waals surface area contributed by atoms with Crippen LogP contribution in [0.2, 0.25) is 0 Å². The molecule has 98 valence electrons. The largest absolute Gasteiger partial charge is 0.336 e. The molecule has 0 N–H and O–H groups in total. The Morgan fingerprint density at radius 2 is 2.17 bits per heavy atom. The van der Waals surface area contributed by atoms with Crippen molar-refractivity contribution < 1.29 is 4.79 Å². The van der Waals surface area contributed by atoms with Crippen LogP contribution in [-0.2, 0) is 0 Å². The third-order valence-corrected chi connectivity index (χ3v) is 5.37. The Hall–Kier alpha value is -0.480. The van der Waals surface area contributed by atoms with E-state index in [9.17, 15) is 4.79 Å². The molecule has 1 aromatic rings. The molecule has 2 rings (SSSR count). The van der Waals surface area contributed by atoms with Gasteiger partial charge in [-0.2, -0.15) is 11.8 Å². The second-order valence-electron chi connectivity index (χ2n) is 5.25. The summed E-state index contributed by atoms with van der Waals surface area (Å²) in [6.07, 6.45) is 0. The quantitative estimate of drug-likeness (QED) is 0.783. The van der Waals surface area contributed by atoms with Crippen LogP contribution in [0.1, 0.15) is 29.8 Å². The van der Waals surface area contributed by atoms with Crippen molar-refractivity contribution in [3.63, 3.8) is 0 Å². The number of thioether (sulfide) groups is 1. The highest BCUT2D eigenvalue weighted by atomic mass is 79.9. The summed E-state index contributed by atoms with van der Waals surface area (Å²) in [4.78, 5) is 14.5. The first-order valence-corrected chi connectivity index (χ1v) is 7.87. The Balaban J connectivity index is 2.23. The number of benzene rings is 1. The number of hydrogen-bond donors (Lipinski definition) is 0. The zero-order valence-corrected chi connectivity index (χ0v) is 13.4. The third kappa shape index (κ3) is 2.91. The fourth-order valence-electron chi connectivity index (χ4n) is 2.20. The van der Waals surface area contributed by atoms with Gasteiger partial charge in [0.2, 0.25) is 0 Å². The van der Waals surface area contributed by atoms with Crippen LogP contribution < -0.4 is 0 Å². The van der Waals surface area contributed by atoms with Crippen LogP contribution >= 0.6 is 27.7 Å². The zero-order valence-electron chi connectivity index (χ0n) is 11.0. The first-order valence-electron chi connectivity index (χ1n) is 6.09. The van der Waals surface area contributed by atoms with Gasteiger partial charge in [0.15, 0.2) is 0 Å². The van der Waals surface area contributed by atoms with E-state index in [0.717, 1.165) is 34.4 Å². The Kier molecular flexibility index (Phi) is 4.07. The number of nitrogens with zero attached hydrogens (tertiary/aromatic N) is 1. The number of rotatable bonds is 1. The van der Waals surface area contributed by atoms with Crippen molar-refractivity contribution in [2.24, 2.45) is 0 Å². The minimum Gasteiger partial charge on any atom is -0.336 e. The van der Waals surface area contributed by atoms with Gasteiger partial charge < -0.3 is 4.90 Å². The van der Waals surface area contributed by atoms with Crippen LogP contribution in [0, 0.1) is 6.92 Å². The molecule has 0 aliphatic carbocycles. The van der Waals surface area contributed by atoms with Crippen LogP contribution in [0.4, 0.5) is 0 Å². The molecule has 1 amide bonds. The molecule has 4 heteroatoms. The maximum absolute atomic E-state index is 12.6. The lowest BCUT2D eigenvalue weighted by Crippen LogP contribution is -2.46. The average Bonchev–Trinajstić information content (AvgIpc) is 2.30. The molecule has 18 heavy (non-hydrogen) atoms. The lowest BCUT2D eigenvalue weighted by atomic mass is 10.1. The molecule has 1 aliphatic heterocycles. The molecule has 0 spiro atoms. The molecule has 1 aromatic carbocycles. The highest BCUT2D eigenvalue weighted by Crippen LogP contribution is 2.31. The smallest absolute Gasteiger partial charge is 0.254 e. The van der Waals surface area contributed by atoms with Gasteiger partial charge >= 0.3 is 0 Å². The van der Waals surface area contributed by atoms with E-state index < -0.39 is 0 Å². The van der Waals surface area contributed by atoms with Gasteiger partial charge in [-0.05, 0) is 38.5 Å². The summed E-state index contributed by atoms with van der Waals surface area (Å²) in [6.45, 7) is 8.05. The number of amides is 1. The van der Waals surface area contributed by atoms with Gasteiger partial charge in [0.25, 0.3) is 5.91 Å². The molecule has 1 saturated heterocycles. The van der Waals surface area contributed by atoms with E-state index in [1.165, 1.54) is 0 Å². The SMILES string of the molecule is Cc1c(Br)cccc1C(=O)N1CCSC(C)(C)C1. The predicted molar refractivity (Wildman–Crippen MR) is 81.3 cm³/mol. The van der Waals surface area contributed by atoms with Gasteiger partial charge in [0.05, 0.1) is 0 Å². The normalized spacial score (nSPS) is 18.8. The summed E-state index contributed by atoms with van der Waals surface area (Å²) in [6, 6.07) is 5.81. The summed E-state index contributed by atoms with van der Waals surface area (Å²) >= 11 is 5.43. The van der Waals surface area contributed by atoms with Crippen molar-refractivity contribution in [3.8, 4) is 0 Å². The molecule has 0 unspecified atom stereocenters. The maximum Gasteiger partial charge on any atom is 0.254 e. The topological polar surface area (TPSA) is 20.3 Å². The molecule has 0 radical (unpaired) electrons. The van der Waals surface area contributed by atoms with Crippen molar-refractivity contribution in [3.05, 3.63) is 33.8 Å². The van der Waals surface area contributed by atoms with Gasteiger partial charge in [0.1, 0.15) is 0 Å². The second kappa shape index (κ2) is 5.25. The van der Waals surface area contributed by atoms with E-state index in [2.05, 4.69) is 29.8 Å². The minimum atomic E-state index is 0.155. The molecule has 2 nitrogen and oxygen atoms in total. The summed E-state index contributed by atoms with van der Waals surface area (Å²) in [7, 11) is 0. The summed E-state index contributed by atoms with van der Waals surface area (Å²) in [5.41, 5.74) is 1.84. The first-order chi connectivity index (χ1) is 8.41. The fraction of sp³-hybridized carbons (Fsp3) is 0.500. The summed E-state index contributed by atoms with van der Waals surface area (Å²) in [5.74, 6) is 1.17. The fourth-order valence-corrected chi connectivity index (χ4v) is 3.68. The zero-order chi connectivity index (χ0) is 13.3. The van der Waals surface area contributed by atoms with Crippen LogP contribution in [0.5, 0.6) is 0 Å². The average molecular weight is 328 g/mol. The highest BCUT2D eigenvalue weighted by Gasteiger charge is 2.30. The Bertz CT molecular complexity index is 473. The summed E-state index contributed by atoms with van der Waals surface area (Å²) < 4.78 is 1.16. The van der Waals surface area contributed by atoms with Crippen molar-refractivity contribution in [2.45, 2.75) is 25.5 Å². The van der Waals surface area contributed by atoms with E-state index in [-0.39, 0.29) is 10.7 Å². The van der Waals surface area contributed by atoms with Crippen molar-refractivity contribution in [2.75, 3.05) is 18.8 Å². The van der Waals surface area contributed by atoms with E-state index in [1.54, 1.807) is 0 Å². The van der Waals surface area contributed by atoms with Crippen molar-refractivity contribution >= 4 is 33.6 Å². The molecule has 1 aliphatic rings. The first kappa shape index (κ1) is 13.9. The van der Waals surface area contributed by atoms with E-state index in [1.807, 2.05) is 41.8 Å². The van der Waals surface area contributed by atoms with Gasteiger partial charge in [-0.15, -0.1) is 0 Å². The Labute approximate surface area is 121 Å². The van der Waals surface area contributed by atoms with Crippen LogP contribution in [0.3, 0.4) is 0 Å². The van der Waals surface area contributed by atoms with Gasteiger partial charge in [-0.1, -0.05) is 22.0 Å². The van der Waals surface area contributed by atoms with Gasteiger partial charge in [0, 0.05) is 33.6 Å².